The normalized spacial score (nSPS) is 9.80. The fourth-order valence-electron chi connectivity index (χ4n) is 1.37. The zero-order valence-corrected chi connectivity index (χ0v) is 9.26. The highest BCUT2D eigenvalue weighted by atomic mass is 16.5. The average Bonchev–Trinajstić information content (AvgIpc) is 2.26. The third-order valence-electron chi connectivity index (χ3n) is 2.28. The number of hydrogen-bond donors (Lipinski definition) is 1. The Kier molecular flexibility index (Phi) is 3.61. The summed E-state index contributed by atoms with van der Waals surface area (Å²) in [5.41, 5.74) is 1.91. The van der Waals surface area contributed by atoms with E-state index in [0.717, 1.165) is 5.56 Å². The van der Waals surface area contributed by atoms with Crippen LogP contribution in [-0.2, 0) is 0 Å². The summed E-state index contributed by atoms with van der Waals surface area (Å²) in [5.74, 6) is 0.514. The second kappa shape index (κ2) is 4.73. The molecule has 15 heavy (non-hydrogen) atoms. The summed E-state index contributed by atoms with van der Waals surface area (Å²) in [6.45, 7) is 3.43. The molecule has 0 aromatic heterocycles. The van der Waals surface area contributed by atoms with Crippen molar-refractivity contribution < 1.29 is 9.53 Å². The summed E-state index contributed by atoms with van der Waals surface area (Å²) in [7, 11) is 1.53. The van der Waals surface area contributed by atoms with Crippen LogP contribution >= 0.6 is 0 Å². The van der Waals surface area contributed by atoms with E-state index in [-0.39, 0.29) is 5.78 Å². The van der Waals surface area contributed by atoms with E-state index in [1.807, 2.05) is 6.92 Å². The lowest BCUT2D eigenvalue weighted by Gasteiger charge is -2.08. The molecule has 0 aliphatic heterocycles. The van der Waals surface area contributed by atoms with Crippen molar-refractivity contribution in [2.75, 3.05) is 7.11 Å². The first kappa shape index (κ1) is 11.4. The van der Waals surface area contributed by atoms with Crippen LogP contribution < -0.4 is 4.74 Å². The van der Waals surface area contributed by atoms with E-state index in [2.05, 4.69) is 0 Å². The lowest BCUT2D eigenvalue weighted by atomic mass is 10.0. The number of carbonyl (C=O) groups is 1. The van der Waals surface area contributed by atoms with Crippen molar-refractivity contribution in [3.63, 3.8) is 0 Å². The lowest BCUT2D eigenvalue weighted by molar-refractivity contribution is 0.101. The number of nitrogens with one attached hydrogen (secondary N) is 1. The van der Waals surface area contributed by atoms with Crippen molar-refractivity contribution in [2.24, 2.45) is 0 Å². The Balaban J connectivity index is 3.19. The third-order valence-corrected chi connectivity index (χ3v) is 2.28. The molecule has 3 nitrogen and oxygen atoms in total. The molecule has 1 aromatic rings. The quantitative estimate of drug-likeness (QED) is 0.607. The monoisotopic (exact) mass is 205 g/mol. The molecule has 1 N–H and O–H groups in total. The third kappa shape index (κ3) is 2.43. The van der Waals surface area contributed by atoms with Crippen molar-refractivity contribution in [3.8, 4) is 5.75 Å². The zero-order chi connectivity index (χ0) is 11.4. The van der Waals surface area contributed by atoms with Crippen molar-refractivity contribution in [1.29, 1.82) is 5.41 Å². The van der Waals surface area contributed by atoms with E-state index < -0.39 is 0 Å². The van der Waals surface area contributed by atoms with Crippen LogP contribution in [0.4, 0.5) is 0 Å². The van der Waals surface area contributed by atoms with Gasteiger partial charge in [-0.25, -0.2) is 0 Å². The van der Waals surface area contributed by atoms with Crippen LogP contribution in [-0.4, -0.2) is 18.6 Å². The largest absolute Gasteiger partial charge is 0.496 e. The lowest BCUT2D eigenvalue weighted by Crippen LogP contribution is -2.02. The number of ketones is 1. The molecule has 3 heteroatoms. The molecule has 1 rings (SSSR count). The van der Waals surface area contributed by atoms with Gasteiger partial charge < -0.3 is 10.1 Å². The molecule has 0 radical (unpaired) electrons. The highest BCUT2D eigenvalue weighted by molar-refractivity contribution is 6.01. The first-order chi connectivity index (χ1) is 7.10. The Morgan fingerprint density at radius 3 is 2.60 bits per heavy atom. The maximum atomic E-state index is 11.2. The van der Waals surface area contributed by atoms with Crippen molar-refractivity contribution in [2.45, 2.75) is 20.3 Å². The van der Waals surface area contributed by atoms with Gasteiger partial charge in [-0.15, -0.1) is 0 Å². The number of benzene rings is 1. The molecule has 0 saturated carbocycles. The number of hydrogen-bond acceptors (Lipinski definition) is 3. The van der Waals surface area contributed by atoms with Crippen LogP contribution in [0.3, 0.4) is 0 Å². The SMILES string of the molecule is CCC(=N)c1ccc(C(C)=O)c(OC)c1. The van der Waals surface area contributed by atoms with Crippen molar-refractivity contribution >= 4 is 11.5 Å². The molecule has 0 saturated heterocycles. The second-order valence-corrected chi connectivity index (χ2v) is 3.30. The van der Waals surface area contributed by atoms with Gasteiger partial charge in [0.25, 0.3) is 0 Å². The van der Waals surface area contributed by atoms with Gasteiger partial charge in [0.1, 0.15) is 5.75 Å². The summed E-state index contributed by atoms with van der Waals surface area (Å²) in [4.78, 5) is 11.2. The van der Waals surface area contributed by atoms with E-state index in [1.165, 1.54) is 14.0 Å². The van der Waals surface area contributed by atoms with E-state index in [1.54, 1.807) is 18.2 Å². The minimum absolute atomic E-state index is 0.0265. The van der Waals surface area contributed by atoms with Crippen LogP contribution in [0.2, 0.25) is 0 Å². The van der Waals surface area contributed by atoms with Gasteiger partial charge in [-0.3, -0.25) is 4.79 Å². The zero-order valence-electron chi connectivity index (χ0n) is 9.26. The molecule has 0 heterocycles. The fourth-order valence-corrected chi connectivity index (χ4v) is 1.37. The molecule has 0 unspecified atom stereocenters. The van der Waals surface area contributed by atoms with Crippen LogP contribution in [0.5, 0.6) is 5.75 Å². The summed E-state index contributed by atoms with van der Waals surface area (Å²) >= 11 is 0. The maximum absolute atomic E-state index is 11.2. The van der Waals surface area contributed by atoms with E-state index in [4.69, 9.17) is 10.1 Å². The molecular weight excluding hydrogens is 190 g/mol. The predicted octanol–water partition coefficient (Wildman–Crippen LogP) is 2.68. The van der Waals surface area contributed by atoms with Gasteiger partial charge in [-0.2, -0.15) is 0 Å². The molecular formula is C12H15NO2. The highest BCUT2D eigenvalue weighted by Gasteiger charge is 2.09. The Labute approximate surface area is 89.6 Å². The van der Waals surface area contributed by atoms with Crippen LogP contribution in [0, 0.1) is 5.41 Å². The van der Waals surface area contributed by atoms with Crippen LogP contribution in [0.25, 0.3) is 0 Å². The number of ether oxygens (including phenoxy) is 1. The molecule has 0 fully saturated rings. The highest BCUT2D eigenvalue weighted by Crippen LogP contribution is 2.21. The van der Waals surface area contributed by atoms with E-state index >= 15 is 0 Å². The smallest absolute Gasteiger partial charge is 0.163 e. The molecule has 0 aliphatic rings. The molecule has 0 aliphatic carbocycles. The van der Waals surface area contributed by atoms with E-state index in [9.17, 15) is 4.79 Å². The van der Waals surface area contributed by atoms with Gasteiger partial charge in [0.05, 0.1) is 12.7 Å². The first-order valence-electron chi connectivity index (χ1n) is 4.87. The number of rotatable bonds is 4. The molecule has 80 valence electrons. The van der Waals surface area contributed by atoms with Crippen LogP contribution in [0.15, 0.2) is 18.2 Å². The number of Topliss-reactive ketones (excluding diaryl/α,β-unsaturated/α-hetero) is 1. The van der Waals surface area contributed by atoms with Gasteiger partial charge in [0, 0.05) is 5.71 Å². The number of carbonyl (C=O) groups excluding carboxylic acids is 1. The topological polar surface area (TPSA) is 50.2 Å². The van der Waals surface area contributed by atoms with Gasteiger partial charge >= 0.3 is 0 Å². The molecule has 0 atom stereocenters. The minimum Gasteiger partial charge on any atom is -0.496 e. The Hall–Kier alpha value is -1.64. The first-order valence-corrected chi connectivity index (χ1v) is 4.87. The molecule has 0 bridgehead atoms. The number of methoxy groups -OCH3 is 1. The summed E-state index contributed by atoms with van der Waals surface area (Å²) in [6, 6.07) is 5.23. The van der Waals surface area contributed by atoms with Crippen molar-refractivity contribution in [3.05, 3.63) is 29.3 Å². The summed E-state index contributed by atoms with van der Waals surface area (Å²) in [6.07, 6.45) is 0.669. The van der Waals surface area contributed by atoms with Crippen LogP contribution in [0.1, 0.15) is 36.2 Å². The van der Waals surface area contributed by atoms with Gasteiger partial charge in [0.2, 0.25) is 0 Å². The van der Waals surface area contributed by atoms with Gasteiger partial charge in [0.15, 0.2) is 5.78 Å². The Morgan fingerprint density at radius 2 is 2.13 bits per heavy atom. The Morgan fingerprint density at radius 1 is 1.47 bits per heavy atom. The maximum Gasteiger partial charge on any atom is 0.163 e. The predicted molar refractivity (Wildman–Crippen MR) is 60.1 cm³/mol. The summed E-state index contributed by atoms with van der Waals surface area (Å²) < 4.78 is 5.12. The van der Waals surface area contributed by atoms with Crippen molar-refractivity contribution in [1.82, 2.24) is 0 Å². The van der Waals surface area contributed by atoms with E-state index in [0.29, 0.717) is 23.4 Å². The fraction of sp³-hybridized carbons (Fsp3) is 0.333. The minimum atomic E-state index is -0.0265. The molecule has 0 spiro atoms. The molecule has 1 aromatic carbocycles. The van der Waals surface area contributed by atoms with Gasteiger partial charge in [-0.1, -0.05) is 13.0 Å². The standard InChI is InChI=1S/C12H15NO2/c1-4-11(13)9-5-6-10(8(2)14)12(7-9)15-3/h5-7,13H,4H2,1-3H3. The summed E-state index contributed by atoms with van der Waals surface area (Å²) in [5, 5.41) is 7.69. The molecule has 0 amide bonds. The average molecular weight is 205 g/mol. The second-order valence-electron chi connectivity index (χ2n) is 3.30. The van der Waals surface area contributed by atoms with Gasteiger partial charge in [-0.05, 0) is 31.0 Å². The Bertz CT molecular complexity index is 397.